The molecule has 3 saturated heterocycles. The summed E-state index contributed by atoms with van der Waals surface area (Å²) >= 11 is 0. The quantitative estimate of drug-likeness (QED) is 0.798. The molecule has 3 aliphatic heterocycles. The Kier molecular flexibility index (Phi) is 3.83. The van der Waals surface area contributed by atoms with Crippen molar-refractivity contribution in [3.05, 3.63) is 0 Å². The number of nitrogens with zero attached hydrogens (tertiary/aromatic N) is 2. The van der Waals surface area contributed by atoms with Gasteiger partial charge in [0.25, 0.3) is 0 Å². The SMILES string of the molecule is CNC(=O)C[C@@H]1C[C@H]2CN(C(=O)N3CCCC3)C[C@H]2O1. The van der Waals surface area contributed by atoms with Crippen molar-refractivity contribution in [1.82, 2.24) is 15.1 Å². The van der Waals surface area contributed by atoms with Crippen molar-refractivity contribution in [3.8, 4) is 0 Å². The molecule has 20 heavy (non-hydrogen) atoms. The fourth-order valence-electron chi connectivity index (χ4n) is 3.57. The van der Waals surface area contributed by atoms with Crippen LogP contribution in [-0.2, 0) is 9.53 Å². The molecule has 0 aliphatic carbocycles. The smallest absolute Gasteiger partial charge is 0.320 e. The lowest BCUT2D eigenvalue weighted by molar-refractivity contribution is -0.123. The van der Waals surface area contributed by atoms with Crippen LogP contribution in [0.2, 0.25) is 0 Å². The van der Waals surface area contributed by atoms with Gasteiger partial charge in [0.1, 0.15) is 0 Å². The first-order valence-electron chi connectivity index (χ1n) is 7.57. The minimum absolute atomic E-state index is 0.0222. The zero-order chi connectivity index (χ0) is 14.1. The van der Waals surface area contributed by atoms with E-state index in [4.69, 9.17) is 4.74 Å². The Bertz CT molecular complexity index is 381. The Balaban J connectivity index is 1.50. The molecule has 1 N–H and O–H groups in total. The number of ether oxygens (including phenoxy) is 1. The number of nitrogens with one attached hydrogen (secondary N) is 1. The molecule has 0 bridgehead atoms. The molecule has 6 heteroatoms. The minimum Gasteiger partial charge on any atom is -0.372 e. The van der Waals surface area contributed by atoms with Crippen molar-refractivity contribution in [2.75, 3.05) is 33.2 Å². The summed E-state index contributed by atoms with van der Waals surface area (Å²) in [6, 6.07) is 0.170. The predicted molar refractivity (Wildman–Crippen MR) is 73.2 cm³/mol. The number of amides is 3. The van der Waals surface area contributed by atoms with E-state index in [0.29, 0.717) is 18.9 Å². The van der Waals surface area contributed by atoms with Crippen LogP contribution in [0.3, 0.4) is 0 Å². The molecular weight excluding hydrogens is 258 g/mol. The normalized spacial score (nSPS) is 32.5. The fraction of sp³-hybridized carbons (Fsp3) is 0.857. The van der Waals surface area contributed by atoms with Gasteiger partial charge in [0.05, 0.1) is 18.6 Å². The number of carbonyl (C=O) groups excluding carboxylic acids is 2. The molecule has 3 rings (SSSR count). The zero-order valence-electron chi connectivity index (χ0n) is 12.0. The molecule has 0 aromatic heterocycles. The van der Waals surface area contributed by atoms with Crippen LogP contribution in [0.4, 0.5) is 4.79 Å². The number of hydrogen-bond acceptors (Lipinski definition) is 3. The maximum atomic E-state index is 12.3. The van der Waals surface area contributed by atoms with Gasteiger partial charge in [-0.3, -0.25) is 4.79 Å². The molecule has 0 aromatic rings. The van der Waals surface area contributed by atoms with Gasteiger partial charge in [0, 0.05) is 39.1 Å². The Morgan fingerprint density at radius 3 is 2.60 bits per heavy atom. The van der Waals surface area contributed by atoms with E-state index >= 15 is 0 Å². The van der Waals surface area contributed by atoms with E-state index in [1.165, 1.54) is 0 Å². The molecule has 3 aliphatic rings. The van der Waals surface area contributed by atoms with E-state index in [2.05, 4.69) is 5.32 Å². The average molecular weight is 281 g/mol. The number of urea groups is 1. The van der Waals surface area contributed by atoms with E-state index in [1.807, 2.05) is 9.80 Å². The van der Waals surface area contributed by atoms with Crippen molar-refractivity contribution in [2.45, 2.75) is 37.9 Å². The highest BCUT2D eigenvalue weighted by Crippen LogP contribution is 2.34. The van der Waals surface area contributed by atoms with E-state index in [1.54, 1.807) is 7.05 Å². The molecule has 3 atom stereocenters. The summed E-state index contributed by atoms with van der Waals surface area (Å²) in [7, 11) is 1.65. The highest BCUT2D eigenvalue weighted by molar-refractivity contribution is 5.76. The summed E-state index contributed by atoms with van der Waals surface area (Å²) in [6.45, 7) is 3.25. The molecule has 0 radical (unpaired) electrons. The lowest BCUT2D eigenvalue weighted by atomic mass is 10.0. The van der Waals surface area contributed by atoms with Crippen LogP contribution in [0.15, 0.2) is 0 Å². The Hall–Kier alpha value is -1.30. The van der Waals surface area contributed by atoms with Crippen LogP contribution in [-0.4, -0.2) is 67.2 Å². The Labute approximate surface area is 119 Å². The number of likely N-dealkylation sites (tertiary alicyclic amines) is 2. The second-order valence-electron chi connectivity index (χ2n) is 6.05. The van der Waals surface area contributed by atoms with Gasteiger partial charge in [-0.15, -0.1) is 0 Å². The third-order valence-corrected chi connectivity index (χ3v) is 4.65. The van der Waals surface area contributed by atoms with Crippen LogP contribution in [0.5, 0.6) is 0 Å². The Morgan fingerprint density at radius 1 is 1.20 bits per heavy atom. The van der Waals surface area contributed by atoms with E-state index in [0.717, 1.165) is 38.9 Å². The summed E-state index contributed by atoms with van der Waals surface area (Å²) in [5.41, 5.74) is 0. The summed E-state index contributed by atoms with van der Waals surface area (Å²) in [5.74, 6) is 0.427. The molecule has 0 unspecified atom stereocenters. The molecule has 3 fully saturated rings. The molecule has 0 spiro atoms. The van der Waals surface area contributed by atoms with Gasteiger partial charge in [-0.1, -0.05) is 0 Å². The molecule has 112 valence electrons. The highest BCUT2D eigenvalue weighted by Gasteiger charge is 2.44. The van der Waals surface area contributed by atoms with Crippen molar-refractivity contribution >= 4 is 11.9 Å². The summed E-state index contributed by atoms with van der Waals surface area (Å²) in [6.07, 6.45) is 3.71. The summed E-state index contributed by atoms with van der Waals surface area (Å²) in [5, 5.41) is 2.63. The van der Waals surface area contributed by atoms with Crippen molar-refractivity contribution in [3.63, 3.8) is 0 Å². The van der Waals surface area contributed by atoms with Crippen LogP contribution in [0.25, 0.3) is 0 Å². The maximum Gasteiger partial charge on any atom is 0.320 e. The first-order chi connectivity index (χ1) is 9.67. The number of fused-ring (bicyclic) bond motifs is 1. The molecule has 3 heterocycles. The monoisotopic (exact) mass is 281 g/mol. The molecule has 0 aromatic carbocycles. The number of hydrogen-bond donors (Lipinski definition) is 1. The van der Waals surface area contributed by atoms with Crippen molar-refractivity contribution in [1.29, 1.82) is 0 Å². The third-order valence-electron chi connectivity index (χ3n) is 4.65. The maximum absolute atomic E-state index is 12.3. The number of carbonyl (C=O) groups is 2. The first-order valence-corrected chi connectivity index (χ1v) is 7.57. The van der Waals surface area contributed by atoms with E-state index in [9.17, 15) is 9.59 Å². The first kappa shape index (κ1) is 13.7. The predicted octanol–water partition coefficient (Wildman–Crippen LogP) is 0.428. The largest absolute Gasteiger partial charge is 0.372 e. The van der Waals surface area contributed by atoms with Gasteiger partial charge in [-0.25, -0.2) is 4.79 Å². The lowest BCUT2D eigenvalue weighted by Crippen LogP contribution is -2.41. The molecular formula is C14H23N3O3. The van der Waals surface area contributed by atoms with E-state index < -0.39 is 0 Å². The van der Waals surface area contributed by atoms with Gasteiger partial charge in [0.15, 0.2) is 0 Å². The zero-order valence-corrected chi connectivity index (χ0v) is 12.0. The third kappa shape index (κ3) is 2.61. The second-order valence-corrected chi connectivity index (χ2v) is 6.05. The second kappa shape index (κ2) is 5.60. The molecule has 3 amide bonds. The van der Waals surface area contributed by atoms with Crippen LogP contribution < -0.4 is 5.32 Å². The van der Waals surface area contributed by atoms with Gasteiger partial charge in [0.2, 0.25) is 5.91 Å². The van der Waals surface area contributed by atoms with Gasteiger partial charge in [-0.05, 0) is 19.3 Å². The average Bonchev–Trinajstić information content (AvgIpc) is 3.12. The standard InChI is InChI=1S/C14H23N3O3/c1-15-13(18)7-11-6-10-8-17(9-12(10)20-11)14(19)16-4-2-3-5-16/h10-12H,2-9H2,1H3,(H,15,18)/t10-,11-,12+/m0/s1. The molecule has 0 saturated carbocycles. The topological polar surface area (TPSA) is 61.9 Å². The van der Waals surface area contributed by atoms with Gasteiger partial charge >= 0.3 is 6.03 Å². The van der Waals surface area contributed by atoms with Crippen LogP contribution in [0.1, 0.15) is 25.7 Å². The van der Waals surface area contributed by atoms with Gasteiger partial charge < -0.3 is 19.9 Å². The molecule has 6 nitrogen and oxygen atoms in total. The van der Waals surface area contributed by atoms with Gasteiger partial charge in [-0.2, -0.15) is 0 Å². The summed E-state index contributed by atoms with van der Waals surface area (Å²) in [4.78, 5) is 27.6. The van der Waals surface area contributed by atoms with E-state index in [-0.39, 0.29) is 24.1 Å². The lowest BCUT2D eigenvalue weighted by Gasteiger charge is -2.25. The van der Waals surface area contributed by atoms with Crippen molar-refractivity contribution in [2.24, 2.45) is 5.92 Å². The minimum atomic E-state index is 0.0222. The van der Waals surface area contributed by atoms with Crippen LogP contribution in [0, 0.1) is 5.92 Å². The van der Waals surface area contributed by atoms with Crippen LogP contribution >= 0.6 is 0 Å². The Morgan fingerprint density at radius 2 is 1.95 bits per heavy atom. The van der Waals surface area contributed by atoms with Crippen molar-refractivity contribution < 1.29 is 14.3 Å². The highest BCUT2D eigenvalue weighted by atomic mass is 16.5. The fourth-order valence-corrected chi connectivity index (χ4v) is 3.57. The summed E-state index contributed by atoms with van der Waals surface area (Å²) < 4.78 is 5.93. The number of rotatable bonds is 2.